The molecule has 0 aliphatic carbocycles. The molecule has 0 amide bonds. The van der Waals surface area contributed by atoms with Crippen LogP contribution >= 0.6 is 13.5 Å². The maximum absolute atomic E-state index is 5.78. The minimum atomic E-state index is -0.868. The summed E-state index contributed by atoms with van der Waals surface area (Å²) in [7, 11) is -0.868. The van der Waals surface area contributed by atoms with Crippen LogP contribution in [-0.4, -0.2) is 7.32 Å². The molecule has 3 aromatic rings. The Morgan fingerprint density at radius 1 is 0.435 bits per heavy atom. The van der Waals surface area contributed by atoms with Crippen molar-refractivity contribution in [1.82, 2.24) is 0 Å². The summed E-state index contributed by atoms with van der Waals surface area (Å²) in [5.74, 6) is 2.04. The Kier molecular flexibility index (Phi) is 6.45. The van der Waals surface area contributed by atoms with Crippen LogP contribution in [-0.2, 0) is 0 Å². The molecular formula is C18H17BO3S. The summed E-state index contributed by atoms with van der Waals surface area (Å²) in [6.07, 6.45) is 0. The molecule has 3 rings (SSSR count). The lowest BCUT2D eigenvalue weighted by molar-refractivity contribution is 0.307. The van der Waals surface area contributed by atoms with Gasteiger partial charge in [-0.15, -0.1) is 0 Å². The molecular weight excluding hydrogens is 307 g/mol. The Hall–Kier alpha value is -2.53. The summed E-state index contributed by atoms with van der Waals surface area (Å²) in [4.78, 5) is 0. The van der Waals surface area contributed by atoms with E-state index in [1.807, 2.05) is 91.0 Å². The van der Waals surface area contributed by atoms with Crippen molar-refractivity contribution in [3.05, 3.63) is 91.0 Å². The van der Waals surface area contributed by atoms with Crippen molar-refractivity contribution >= 4 is 20.8 Å². The number of rotatable bonds is 6. The average Bonchev–Trinajstić information content (AvgIpc) is 2.57. The molecule has 0 atom stereocenters. The van der Waals surface area contributed by atoms with Crippen molar-refractivity contribution in [2.24, 2.45) is 0 Å². The lowest BCUT2D eigenvalue weighted by Gasteiger charge is -2.16. The summed E-state index contributed by atoms with van der Waals surface area (Å²) in [6.45, 7) is 0. The Morgan fingerprint density at radius 2 is 0.696 bits per heavy atom. The van der Waals surface area contributed by atoms with Gasteiger partial charge in [-0.05, 0) is 36.4 Å². The van der Waals surface area contributed by atoms with E-state index in [-0.39, 0.29) is 13.5 Å². The van der Waals surface area contributed by atoms with Gasteiger partial charge in [-0.3, -0.25) is 0 Å². The first kappa shape index (κ1) is 16.8. The molecule has 23 heavy (non-hydrogen) atoms. The zero-order valence-corrected chi connectivity index (χ0v) is 13.5. The first-order valence-electron chi connectivity index (χ1n) is 7.05. The Balaban J connectivity index is 0.00000192. The summed E-state index contributed by atoms with van der Waals surface area (Å²) in [6, 6.07) is 28.3. The predicted octanol–water partition coefficient (Wildman–Crippen LogP) is 4.32. The van der Waals surface area contributed by atoms with Gasteiger partial charge in [0.25, 0.3) is 0 Å². The van der Waals surface area contributed by atoms with Gasteiger partial charge in [0.2, 0.25) is 0 Å². The van der Waals surface area contributed by atoms with Crippen LogP contribution in [0.4, 0.5) is 0 Å². The zero-order valence-electron chi connectivity index (χ0n) is 12.5. The van der Waals surface area contributed by atoms with Gasteiger partial charge < -0.3 is 14.0 Å². The van der Waals surface area contributed by atoms with E-state index in [0.717, 1.165) is 0 Å². The highest BCUT2D eigenvalue weighted by molar-refractivity contribution is 7.59. The van der Waals surface area contributed by atoms with Gasteiger partial charge >= 0.3 is 7.32 Å². The van der Waals surface area contributed by atoms with E-state index in [0.29, 0.717) is 17.2 Å². The van der Waals surface area contributed by atoms with Crippen LogP contribution in [0.2, 0.25) is 0 Å². The summed E-state index contributed by atoms with van der Waals surface area (Å²) in [5, 5.41) is 0. The second-order valence-electron chi connectivity index (χ2n) is 4.58. The summed E-state index contributed by atoms with van der Waals surface area (Å²) >= 11 is 0. The predicted molar refractivity (Wildman–Crippen MR) is 97.3 cm³/mol. The van der Waals surface area contributed by atoms with Crippen molar-refractivity contribution in [1.29, 1.82) is 0 Å². The Labute approximate surface area is 143 Å². The van der Waals surface area contributed by atoms with Gasteiger partial charge in [0, 0.05) is 0 Å². The molecule has 0 fully saturated rings. The van der Waals surface area contributed by atoms with Gasteiger partial charge in [-0.1, -0.05) is 54.6 Å². The van der Waals surface area contributed by atoms with Gasteiger partial charge in [-0.2, -0.15) is 13.5 Å². The molecule has 0 unspecified atom stereocenters. The first-order chi connectivity index (χ1) is 10.9. The second kappa shape index (κ2) is 8.81. The van der Waals surface area contributed by atoms with Crippen LogP contribution < -0.4 is 14.0 Å². The van der Waals surface area contributed by atoms with Crippen molar-refractivity contribution in [2.75, 3.05) is 0 Å². The van der Waals surface area contributed by atoms with Crippen molar-refractivity contribution in [3.63, 3.8) is 0 Å². The van der Waals surface area contributed by atoms with E-state index < -0.39 is 7.32 Å². The molecule has 0 aromatic heterocycles. The van der Waals surface area contributed by atoms with Gasteiger partial charge in [0.1, 0.15) is 17.2 Å². The van der Waals surface area contributed by atoms with Gasteiger partial charge in [-0.25, -0.2) is 0 Å². The highest BCUT2D eigenvalue weighted by Gasteiger charge is 2.29. The van der Waals surface area contributed by atoms with Crippen LogP contribution in [0.3, 0.4) is 0 Å². The molecule has 0 saturated carbocycles. The van der Waals surface area contributed by atoms with Crippen molar-refractivity contribution in [2.45, 2.75) is 0 Å². The van der Waals surface area contributed by atoms with Crippen molar-refractivity contribution in [3.8, 4) is 17.2 Å². The highest BCUT2D eigenvalue weighted by atomic mass is 32.1. The molecule has 0 aliphatic rings. The zero-order chi connectivity index (χ0) is 15.0. The Bertz CT molecular complexity index is 582. The Morgan fingerprint density at radius 3 is 0.957 bits per heavy atom. The number of benzene rings is 3. The standard InChI is InChI=1S/C18H15BO3.H2S/c1-4-10-16(11-5-1)20-19(21-17-12-6-2-7-13-17)22-18-14-8-3-9-15-18;/h1-15H;1H2. The third-order valence-electron chi connectivity index (χ3n) is 2.93. The normalized spacial score (nSPS) is 9.39. The fourth-order valence-electron chi connectivity index (χ4n) is 1.90. The maximum Gasteiger partial charge on any atom is 0.864 e. The van der Waals surface area contributed by atoms with Crippen LogP contribution in [0.15, 0.2) is 91.0 Å². The molecule has 116 valence electrons. The SMILES string of the molecule is S.c1ccc(OB(Oc2ccccc2)Oc2ccccc2)cc1. The van der Waals surface area contributed by atoms with E-state index in [2.05, 4.69) is 0 Å². The van der Waals surface area contributed by atoms with Crippen LogP contribution in [0.5, 0.6) is 17.2 Å². The van der Waals surface area contributed by atoms with E-state index >= 15 is 0 Å². The van der Waals surface area contributed by atoms with E-state index in [4.69, 9.17) is 14.0 Å². The summed E-state index contributed by atoms with van der Waals surface area (Å²) in [5.41, 5.74) is 0. The lowest BCUT2D eigenvalue weighted by atomic mass is 10.2. The molecule has 3 aromatic carbocycles. The van der Waals surface area contributed by atoms with Crippen LogP contribution in [0, 0.1) is 0 Å². The maximum atomic E-state index is 5.78. The number of para-hydroxylation sites is 3. The van der Waals surface area contributed by atoms with Gasteiger partial charge in [0.05, 0.1) is 0 Å². The fourth-order valence-corrected chi connectivity index (χ4v) is 1.90. The highest BCUT2D eigenvalue weighted by Crippen LogP contribution is 2.17. The molecule has 0 heterocycles. The molecule has 0 N–H and O–H groups in total. The molecule has 0 aliphatic heterocycles. The van der Waals surface area contributed by atoms with Crippen molar-refractivity contribution < 1.29 is 14.0 Å². The lowest BCUT2D eigenvalue weighted by Crippen LogP contribution is -2.36. The first-order valence-corrected chi connectivity index (χ1v) is 7.05. The van der Waals surface area contributed by atoms with E-state index in [1.165, 1.54) is 0 Å². The molecule has 0 bridgehead atoms. The molecule has 0 radical (unpaired) electrons. The fraction of sp³-hybridized carbons (Fsp3) is 0. The third kappa shape index (κ3) is 5.31. The van der Waals surface area contributed by atoms with Gasteiger partial charge in [0.15, 0.2) is 0 Å². The molecule has 5 heteroatoms. The summed E-state index contributed by atoms with van der Waals surface area (Å²) < 4.78 is 17.3. The van der Waals surface area contributed by atoms with E-state index in [9.17, 15) is 0 Å². The molecule has 0 spiro atoms. The van der Waals surface area contributed by atoms with Crippen LogP contribution in [0.1, 0.15) is 0 Å². The second-order valence-corrected chi connectivity index (χ2v) is 4.58. The smallest absolute Gasteiger partial charge is 0.490 e. The van der Waals surface area contributed by atoms with Crippen LogP contribution in [0.25, 0.3) is 0 Å². The molecule has 0 saturated heterocycles. The monoisotopic (exact) mass is 324 g/mol. The number of hydrogen-bond acceptors (Lipinski definition) is 3. The minimum absolute atomic E-state index is 0. The van der Waals surface area contributed by atoms with E-state index in [1.54, 1.807) is 0 Å². The largest absolute Gasteiger partial charge is 0.864 e. The topological polar surface area (TPSA) is 27.7 Å². The third-order valence-corrected chi connectivity index (χ3v) is 2.93. The quantitative estimate of drug-likeness (QED) is 0.632. The average molecular weight is 324 g/mol. The minimum Gasteiger partial charge on any atom is -0.490 e. The molecule has 3 nitrogen and oxygen atoms in total. The number of hydrogen-bond donors (Lipinski definition) is 0.